The number of aryl methyl sites for hydroxylation is 1. The first-order valence-electron chi connectivity index (χ1n) is 11.1. The molecule has 0 saturated carbocycles. The van der Waals surface area contributed by atoms with Crippen LogP contribution in [0.2, 0.25) is 0 Å². The van der Waals surface area contributed by atoms with Gasteiger partial charge in [0.05, 0.1) is 24.8 Å². The van der Waals surface area contributed by atoms with E-state index in [0.29, 0.717) is 23.4 Å². The van der Waals surface area contributed by atoms with Crippen LogP contribution in [0.3, 0.4) is 0 Å². The number of methoxy groups -OCH3 is 1. The summed E-state index contributed by atoms with van der Waals surface area (Å²) in [5.74, 6) is -1.48. The number of piperidine rings is 1. The van der Waals surface area contributed by atoms with Crippen LogP contribution in [-0.2, 0) is 4.79 Å². The Bertz CT molecular complexity index is 1250. The number of hydrogen-bond acceptors (Lipinski definition) is 3. The van der Waals surface area contributed by atoms with Gasteiger partial charge in [-0.2, -0.15) is 0 Å². The number of carbonyl (C=O) groups excluding carboxylic acids is 1. The van der Waals surface area contributed by atoms with Gasteiger partial charge in [-0.1, -0.05) is 12.1 Å². The molecule has 1 amide bonds. The van der Waals surface area contributed by atoms with Crippen molar-refractivity contribution < 1.29 is 18.3 Å². The zero-order chi connectivity index (χ0) is 23.1. The van der Waals surface area contributed by atoms with E-state index in [1.165, 1.54) is 6.07 Å². The summed E-state index contributed by atoms with van der Waals surface area (Å²) < 4.78 is 35.2. The first-order chi connectivity index (χ1) is 16.0. The van der Waals surface area contributed by atoms with Crippen LogP contribution < -0.4 is 4.74 Å². The van der Waals surface area contributed by atoms with Crippen molar-refractivity contribution in [2.45, 2.75) is 38.1 Å². The quantitative estimate of drug-likeness (QED) is 0.525. The Morgan fingerprint density at radius 1 is 1.12 bits per heavy atom. The molecule has 0 unspecified atom stereocenters. The van der Waals surface area contributed by atoms with Crippen LogP contribution in [0.1, 0.15) is 42.0 Å². The van der Waals surface area contributed by atoms with Crippen molar-refractivity contribution in [1.29, 1.82) is 0 Å². The molecule has 170 valence electrons. The minimum Gasteiger partial charge on any atom is -0.495 e. The molecular formula is C26H25F2N3O2. The molecule has 2 saturated heterocycles. The summed E-state index contributed by atoms with van der Waals surface area (Å²) in [6.07, 6.45) is 8.30. The molecule has 3 aromatic rings. The molecule has 0 N–H and O–H groups in total. The van der Waals surface area contributed by atoms with Crippen molar-refractivity contribution in [1.82, 2.24) is 14.5 Å². The van der Waals surface area contributed by atoms with E-state index >= 15 is 0 Å². The van der Waals surface area contributed by atoms with E-state index in [0.717, 1.165) is 42.3 Å². The average molecular weight is 450 g/mol. The number of carbonyl (C=O) groups is 1. The van der Waals surface area contributed by atoms with Crippen molar-refractivity contribution in [3.05, 3.63) is 83.0 Å². The number of hydrogen-bond donors (Lipinski definition) is 0. The lowest BCUT2D eigenvalue weighted by Gasteiger charge is -2.32. The Morgan fingerprint density at radius 3 is 2.70 bits per heavy atom. The molecule has 0 bridgehead atoms. The van der Waals surface area contributed by atoms with Crippen LogP contribution >= 0.6 is 0 Å². The summed E-state index contributed by atoms with van der Waals surface area (Å²) in [7, 11) is 1.60. The monoisotopic (exact) mass is 449 g/mol. The average Bonchev–Trinajstić information content (AvgIpc) is 3.37. The Labute approximate surface area is 191 Å². The highest BCUT2D eigenvalue weighted by Crippen LogP contribution is 2.44. The smallest absolute Gasteiger partial charge is 0.250 e. The normalized spacial score (nSPS) is 21.5. The summed E-state index contributed by atoms with van der Waals surface area (Å²) >= 11 is 0. The summed E-state index contributed by atoms with van der Waals surface area (Å²) in [6.45, 7) is 2.60. The number of aromatic nitrogens is 2. The van der Waals surface area contributed by atoms with Gasteiger partial charge in [-0.25, -0.2) is 13.8 Å². The van der Waals surface area contributed by atoms with Crippen molar-refractivity contribution in [3.8, 4) is 11.4 Å². The second kappa shape index (κ2) is 8.46. The summed E-state index contributed by atoms with van der Waals surface area (Å²) in [5.41, 5.74) is 3.77. The number of benzene rings is 2. The van der Waals surface area contributed by atoms with Gasteiger partial charge in [-0.15, -0.1) is 0 Å². The third kappa shape index (κ3) is 3.81. The third-order valence-corrected chi connectivity index (χ3v) is 6.60. The number of amides is 1. The number of halogens is 2. The maximum absolute atomic E-state index is 14.1. The number of imidazole rings is 1. The number of ether oxygens (including phenoxy) is 1. The molecule has 5 nitrogen and oxygen atoms in total. The number of fused-ring (bicyclic) bond motifs is 1. The summed E-state index contributed by atoms with van der Waals surface area (Å²) in [5, 5.41) is 0. The van der Waals surface area contributed by atoms with E-state index in [4.69, 9.17) is 4.74 Å². The van der Waals surface area contributed by atoms with Crippen molar-refractivity contribution in [3.63, 3.8) is 0 Å². The molecule has 2 aliphatic rings. The van der Waals surface area contributed by atoms with Gasteiger partial charge in [-0.05, 0) is 67.7 Å². The van der Waals surface area contributed by atoms with Gasteiger partial charge in [0.25, 0.3) is 5.91 Å². The molecular weight excluding hydrogens is 424 g/mol. The zero-order valence-electron chi connectivity index (χ0n) is 18.6. The number of rotatable bonds is 4. The van der Waals surface area contributed by atoms with Crippen molar-refractivity contribution in [2.24, 2.45) is 0 Å². The van der Waals surface area contributed by atoms with Gasteiger partial charge in [0.15, 0.2) is 11.6 Å². The van der Waals surface area contributed by atoms with Gasteiger partial charge in [0.2, 0.25) is 0 Å². The lowest BCUT2D eigenvalue weighted by atomic mass is 9.84. The van der Waals surface area contributed by atoms with E-state index in [2.05, 4.69) is 4.98 Å². The SMILES string of the molecule is COc1cc(/C=C2/C(=O)N3CCCC[C@H]3[C@H]2c2ccc(F)c(F)c2)ccc1-n1cnc(C)c1. The number of nitrogens with zero attached hydrogens (tertiary/aromatic N) is 3. The third-order valence-electron chi connectivity index (χ3n) is 6.60. The fourth-order valence-electron chi connectivity index (χ4n) is 5.05. The maximum atomic E-state index is 14.1. The van der Waals surface area contributed by atoms with Crippen LogP contribution in [0.25, 0.3) is 11.8 Å². The van der Waals surface area contributed by atoms with Gasteiger partial charge in [-0.3, -0.25) is 4.79 Å². The van der Waals surface area contributed by atoms with Crippen molar-refractivity contribution in [2.75, 3.05) is 13.7 Å². The van der Waals surface area contributed by atoms with Gasteiger partial charge < -0.3 is 14.2 Å². The Morgan fingerprint density at radius 2 is 1.97 bits per heavy atom. The van der Waals surface area contributed by atoms with Crippen LogP contribution in [0, 0.1) is 18.6 Å². The summed E-state index contributed by atoms with van der Waals surface area (Å²) in [4.78, 5) is 19.5. The first-order valence-corrected chi connectivity index (χ1v) is 11.1. The van der Waals surface area contributed by atoms with Gasteiger partial charge in [0.1, 0.15) is 5.75 Å². The fourth-order valence-corrected chi connectivity index (χ4v) is 5.05. The second-order valence-corrected chi connectivity index (χ2v) is 8.67. The lowest BCUT2D eigenvalue weighted by molar-refractivity contribution is -0.127. The predicted octanol–water partition coefficient (Wildman–Crippen LogP) is 5.03. The van der Waals surface area contributed by atoms with Crippen LogP contribution in [0.4, 0.5) is 8.78 Å². The van der Waals surface area contributed by atoms with Crippen LogP contribution in [0.15, 0.2) is 54.5 Å². The molecule has 7 heteroatoms. The Balaban J connectivity index is 1.58. The predicted molar refractivity (Wildman–Crippen MR) is 121 cm³/mol. The lowest BCUT2D eigenvalue weighted by Crippen LogP contribution is -2.38. The van der Waals surface area contributed by atoms with Crippen LogP contribution in [-0.4, -0.2) is 40.1 Å². The molecule has 5 rings (SSSR count). The molecule has 2 aromatic carbocycles. The Kier molecular flexibility index (Phi) is 5.48. The highest BCUT2D eigenvalue weighted by molar-refractivity contribution is 6.02. The van der Waals surface area contributed by atoms with E-state index in [-0.39, 0.29) is 17.9 Å². The van der Waals surface area contributed by atoms with Crippen LogP contribution in [0.5, 0.6) is 5.75 Å². The molecule has 2 fully saturated rings. The standard InChI is InChI=1S/C26H25F2N3O2/c1-16-14-30(15-29-16)22-9-6-17(12-24(22)33-2)11-19-25(18-7-8-20(27)21(28)13-18)23-5-3-4-10-31(23)26(19)32/h6-9,11-15,23,25H,3-5,10H2,1-2H3/b19-11+/t23-,25-/m0/s1. The van der Waals surface area contributed by atoms with E-state index in [1.807, 2.05) is 46.9 Å². The molecule has 33 heavy (non-hydrogen) atoms. The topological polar surface area (TPSA) is 47.4 Å². The minimum atomic E-state index is -0.893. The Hall–Kier alpha value is -3.48. The second-order valence-electron chi connectivity index (χ2n) is 8.67. The molecule has 1 aromatic heterocycles. The first kappa shape index (κ1) is 21.4. The van der Waals surface area contributed by atoms with Gasteiger partial charge in [0, 0.05) is 30.3 Å². The van der Waals surface area contributed by atoms with Gasteiger partial charge >= 0.3 is 0 Å². The highest BCUT2D eigenvalue weighted by Gasteiger charge is 2.45. The minimum absolute atomic E-state index is 0.0392. The summed E-state index contributed by atoms with van der Waals surface area (Å²) in [6, 6.07) is 9.64. The maximum Gasteiger partial charge on any atom is 0.250 e. The fraction of sp³-hybridized carbons (Fsp3) is 0.308. The molecule has 0 aliphatic carbocycles. The van der Waals surface area contributed by atoms with E-state index in [1.54, 1.807) is 19.5 Å². The molecule has 2 atom stereocenters. The zero-order valence-corrected chi connectivity index (χ0v) is 18.6. The largest absolute Gasteiger partial charge is 0.495 e. The molecule has 2 aliphatic heterocycles. The molecule has 0 radical (unpaired) electrons. The van der Waals surface area contributed by atoms with Crippen molar-refractivity contribution >= 4 is 12.0 Å². The van der Waals surface area contributed by atoms with E-state index in [9.17, 15) is 13.6 Å². The van der Waals surface area contributed by atoms with E-state index < -0.39 is 11.6 Å². The molecule has 3 heterocycles. The highest BCUT2D eigenvalue weighted by atomic mass is 19.2. The molecule has 0 spiro atoms.